The van der Waals surface area contributed by atoms with E-state index in [1.165, 1.54) is 16.9 Å². The molecule has 1 aliphatic rings. The number of benzene rings is 1. The molecule has 3 nitrogen and oxygen atoms in total. The highest BCUT2D eigenvalue weighted by molar-refractivity contribution is 7.20. The number of primary amides is 1. The van der Waals surface area contributed by atoms with Gasteiger partial charge in [0.15, 0.2) is 0 Å². The van der Waals surface area contributed by atoms with Crippen LogP contribution in [0.4, 0.5) is 0 Å². The van der Waals surface area contributed by atoms with Crippen LogP contribution in [0.5, 0.6) is 0 Å². The van der Waals surface area contributed by atoms with Gasteiger partial charge in [-0.1, -0.05) is 48.6 Å². The van der Waals surface area contributed by atoms with Crippen LogP contribution in [0.1, 0.15) is 20.8 Å². The Hall–Kier alpha value is -2.98. The summed E-state index contributed by atoms with van der Waals surface area (Å²) < 4.78 is 0.964. The van der Waals surface area contributed by atoms with Gasteiger partial charge < -0.3 is 5.73 Å². The van der Waals surface area contributed by atoms with Crippen LogP contribution in [0.3, 0.4) is 0 Å². The van der Waals surface area contributed by atoms with Crippen molar-refractivity contribution in [1.82, 2.24) is 4.98 Å². The molecule has 2 N–H and O–H groups in total. The maximum Gasteiger partial charge on any atom is 0.258 e. The topological polar surface area (TPSA) is 56.0 Å². The first-order chi connectivity index (χ1) is 11.7. The summed E-state index contributed by atoms with van der Waals surface area (Å²) in [5, 5.41) is 1.01. The normalized spacial score (nSPS) is 16.8. The number of rotatable bonds is 2. The van der Waals surface area contributed by atoms with Gasteiger partial charge in [-0.05, 0) is 28.8 Å². The van der Waals surface area contributed by atoms with Crippen molar-refractivity contribution in [3.05, 3.63) is 77.0 Å². The fraction of sp³-hybridized carbons (Fsp3) is 0. The maximum absolute atomic E-state index is 11.5. The van der Waals surface area contributed by atoms with Crippen molar-refractivity contribution in [2.24, 2.45) is 5.73 Å². The molecule has 0 aliphatic heterocycles. The highest BCUT2D eigenvalue weighted by Crippen LogP contribution is 2.34. The van der Waals surface area contributed by atoms with Crippen molar-refractivity contribution in [2.45, 2.75) is 0 Å². The molecule has 1 amide bonds. The van der Waals surface area contributed by atoms with Crippen molar-refractivity contribution in [3.63, 3.8) is 0 Å². The second kappa shape index (κ2) is 5.91. The number of thiophene rings is 1. The predicted octanol–water partition coefficient (Wildman–Crippen LogP) is 4.66. The lowest BCUT2D eigenvalue weighted by Crippen LogP contribution is -2.08. The molecular weight excluding hydrogens is 316 g/mol. The van der Waals surface area contributed by atoms with Crippen molar-refractivity contribution in [3.8, 4) is 11.1 Å². The summed E-state index contributed by atoms with van der Waals surface area (Å²) in [5.41, 5.74) is 9.82. The molecule has 0 spiro atoms. The van der Waals surface area contributed by atoms with Crippen molar-refractivity contribution < 1.29 is 4.79 Å². The fourth-order valence-corrected chi connectivity index (χ4v) is 3.70. The van der Waals surface area contributed by atoms with E-state index >= 15 is 0 Å². The zero-order chi connectivity index (χ0) is 16.5. The third kappa shape index (κ3) is 2.57. The maximum atomic E-state index is 11.5. The fourth-order valence-electron chi connectivity index (χ4n) is 2.80. The average molecular weight is 330 g/mol. The Bertz CT molecular complexity index is 1040. The number of fused-ring (bicyclic) bond motifs is 2. The Kier molecular flexibility index (Phi) is 3.59. The first kappa shape index (κ1) is 14.6. The van der Waals surface area contributed by atoms with E-state index in [0.717, 1.165) is 26.8 Å². The molecule has 1 aliphatic carbocycles. The Morgan fingerprint density at radius 2 is 1.75 bits per heavy atom. The molecule has 2 aromatic heterocycles. The SMILES string of the molecule is NC(=O)c1cc2c(-c3ccc4c(c3)\C=C/C=C\C=C/4)cncc2s1. The lowest BCUT2D eigenvalue weighted by Gasteiger charge is -2.08. The van der Waals surface area contributed by atoms with E-state index in [2.05, 4.69) is 35.3 Å². The minimum absolute atomic E-state index is 0.403. The van der Waals surface area contributed by atoms with Crippen molar-refractivity contribution in [2.75, 3.05) is 0 Å². The zero-order valence-electron chi connectivity index (χ0n) is 12.8. The summed E-state index contributed by atoms with van der Waals surface area (Å²) in [4.78, 5) is 16.3. The molecule has 0 atom stereocenters. The van der Waals surface area contributed by atoms with Crippen LogP contribution in [-0.2, 0) is 0 Å². The summed E-state index contributed by atoms with van der Waals surface area (Å²) >= 11 is 1.38. The lowest BCUT2D eigenvalue weighted by atomic mass is 9.97. The minimum Gasteiger partial charge on any atom is -0.365 e. The van der Waals surface area contributed by atoms with Gasteiger partial charge in [0.1, 0.15) is 0 Å². The summed E-state index contributed by atoms with van der Waals surface area (Å²) in [6.07, 6.45) is 15.9. The van der Waals surface area contributed by atoms with Crippen LogP contribution in [-0.4, -0.2) is 10.9 Å². The molecule has 0 radical (unpaired) electrons. The van der Waals surface area contributed by atoms with Gasteiger partial charge >= 0.3 is 0 Å². The van der Waals surface area contributed by atoms with Gasteiger partial charge in [0.05, 0.1) is 9.58 Å². The van der Waals surface area contributed by atoms with Crippen molar-refractivity contribution in [1.29, 1.82) is 0 Å². The van der Waals surface area contributed by atoms with Crippen LogP contribution in [0.15, 0.2) is 61.0 Å². The summed E-state index contributed by atoms with van der Waals surface area (Å²) in [5.74, 6) is -0.403. The van der Waals surface area contributed by atoms with E-state index in [1.807, 2.05) is 36.6 Å². The predicted molar refractivity (Wildman–Crippen MR) is 101 cm³/mol. The third-order valence-corrected chi connectivity index (χ3v) is 5.06. The van der Waals surface area contributed by atoms with Crippen LogP contribution in [0.25, 0.3) is 33.4 Å². The quantitative estimate of drug-likeness (QED) is 0.743. The van der Waals surface area contributed by atoms with Gasteiger partial charge in [-0.25, -0.2) is 0 Å². The molecular formula is C20H14N2OS. The van der Waals surface area contributed by atoms with Crippen molar-refractivity contribution >= 4 is 39.5 Å². The third-order valence-electron chi connectivity index (χ3n) is 3.97. The van der Waals surface area contributed by atoms with Crippen LogP contribution >= 0.6 is 11.3 Å². The molecule has 4 heteroatoms. The summed E-state index contributed by atoms with van der Waals surface area (Å²) in [7, 11) is 0. The van der Waals surface area contributed by atoms with Gasteiger partial charge in [0, 0.05) is 23.3 Å². The number of carbonyl (C=O) groups excluding carboxylic acids is 1. The van der Waals surface area contributed by atoms with E-state index < -0.39 is 5.91 Å². The molecule has 0 bridgehead atoms. The number of aromatic nitrogens is 1. The van der Waals surface area contributed by atoms with Gasteiger partial charge in [0.2, 0.25) is 0 Å². The first-order valence-electron chi connectivity index (χ1n) is 7.55. The van der Waals surface area contributed by atoms with Gasteiger partial charge in [-0.3, -0.25) is 9.78 Å². The Labute approximate surface area is 143 Å². The second-order valence-electron chi connectivity index (χ2n) is 5.52. The largest absolute Gasteiger partial charge is 0.365 e. The molecule has 0 fully saturated rings. The second-order valence-corrected chi connectivity index (χ2v) is 6.60. The number of hydrogen-bond donors (Lipinski definition) is 1. The Morgan fingerprint density at radius 3 is 2.54 bits per heavy atom. The molecule has 0 saturated heterocycles. The van der Waals surface area contributed by atoms with Gasteiger partial charge in [-0.15, -0.1) is 11.3 Å². The average Bonchev–Trinajstić information content (AvgIpc) is 3.00. The number of nitrogens with zero attached hydrogens (tertiary/aromatic N) is 1. The molecule has 24 heavy (non-hydrogen) atoms. The summed E-state index contributed by atoms with van der Waals surface area (Å²) in [6.45, 7) is 0. The van der Waals surface area contributed by atoms with E-state index in [-0.39, 0.29) is 0 Å². The van der Waals surface area contributed by atoms with E-state index in [1.54, 1.807) is 6.20 Å². The zero-order valence-corrected chi connectivity index (χ0v) is 13.6. The minimum atomic E-state index is -0.403. The van der Waals surface area contributed by atoms with Gasteiger partial charge in [-0.2, -0.15) is 0 Å². The van der Waals surface area contributed by atoms with Crippen LogP contribution in [0.2, 0.25) is 0 Å². The van der Waals surface area contributed by atoms with E-state index in [9.17, 15) is 4.79 Å². The molecule has 2 heterocycles. The highest BCUT2D eigenvalue weighted by atomic mass is 32.1. The lowest BCUT2D eigenvalue weighted by molar-refractivity contribution is 0.100. The number of hydrogen-bond acceptors (Lipinski definition) is 3. The molecule has 0 unspecified atom stereocenters. The van der Waals surface area contributed by atoms with Crippen LogP contribution < -0.4 is 5.73 Å². The van der Waals surface area contributed by atoms with E-state index in [0.29, 0.717) is 4.88 Å². The smallest absolute Gasteiger partial charge is 0.258 e. The number of allylic oxidation sites excluding steroid dienone is 4. The first-order valence-corrected chi connectivity index (χ1v) is 8.37. The molecule has 1 aromatic carbocycles. The molecule has 4 rings (SSSR count). The highest BCUT2D eigenvalue weighted by Gasteiger charge is 2.12. The monoisotopic (exact) mass is 330 g/mol. The number of pyridine rings is 1. The number of nitrogens with two attached hydrogens (primary N) is 1. The molecule has 3 aromatic rings. The Morgan fingerprint density at radius 1 is 0.958 bits per heavy atom. The molecule has 0 saturated carbocycles. The standard InChI is InChI=1S/C20H14N2OS/c21-20(23)18-10-16-17(11-22-12-19(16)24-18)15-8-7-13-5-3-1-2-4-6-14(13)9-15/h1-12H,(H2,21,23)/b2-1-,3-1?,4-2?,5-3-,6-4-,13-5?,14-6?. The molecule has 116 valence electrons. The van der Waals surface area contributed by atoms with Gasteiger partial charge in [0.25, 0.3) is 5.91 Å². The number of carbonyl (C=O) groups is 1. The van der Waals surface area contributed by atoms with Crippen LogP contribution in [0, 0.1) is 0 Å². The summed E-state index contributed by atoms with van der Waals surface area (Å²) in [6, 6.07) is 8.19. The van der Waals surface area contributed by atoms with E-state index in [4.69, 9.17) is 5.73 Å². The number of amides is 1. The Balaban J connectivity index is 1.89.